The Bertz CT molecular complexity index is 516. The maximum Gasteiger partial charge on any atom is 0.287 e. The fourth-order valence-corrected chi connectivity index (χ4v) is 2.22. The molecule has 0 aliphatic carbocycles. The summed E-state index contributed by atoms with van der Waals surface area (Å²) in [6.07, 6.45) is 0.754. The lowest BCUT2D eigenvalue weighted by Gasteiger charge is -2.00. The van der Waals surface area contributed by atoms with E-state index in [0.717, 1.165) is 22.9 Å². The average Bonchev–Trinajstić information content (AvgIpc) is 2.88. The molecule has 1 N–H and O–H groups in total. The van der Waals surface area contributed by atoms with E-state index in [1.54, 1.807) is 23.5 Å². The van der Waals surface area contributed by atoms with Gasteiger partial charge in [0.2, 0.25) is 0 Å². The van der Waals surface area contributed by atoms with Crippen molar-refractivity contribution in [3.8, 4) is 0 Å². The van der Waals surface area contributed by atoms with Gasteiger partial charge in [0.05, 0.1) is 5.01 Å². The van der Waals surface area contributed by atoms with Crippen LogP contribution in [0.1, 0.15) is 27.0 Å². The van der Waals surface area contributed by atoms with Crippen LogP contribution in [0.25, 0.3) is 0 Å². The molecular formula is C12H14N2O2S. The maximum absolute atomic E-state index is 11.6. The zero-order valence-electron chi connectivity index (χ0n) is 9.82. The Labute approximate surface area is 104 Å². The quantitative estimate of drug-likeness (QED) is 0.906. The second kappa shape index (κ2) is 5.14. The van der Waals surface area contributed by atoms with Gasteiger partial charge < -0.3 is 9.73 Å². The summed E-state index contributed by atoms with van der Waals surface area (Å²) >= 11 is 1.62. The number of thiazole rings is 1. The van der Waals surface area contributed by atoms with Gasteiger partial charge in [-0.2, -0.15) is 0 Å². The van der Waals surface area contributed by atoms with E-state index in [4.69, 9.17) is 4.42 Å². The van der Waals surface area contributed by atoms with E-state index < -0.39 is 0 Å². The van der Waals surface area contributed by atoms with Crippen molar-refractivity contribution in [2.24, 2.45) is 0 Å². The number of carbonyl (C=O) groups is 1. The fourth-order valence-electron chi connectivity index (χ4n) is 1.44. The zero-order chi connectivity index (χ0) is 12.3. The summed E-state index contributed by atoms with van der Waals surface area (Å²) in [6.45, 7) is 4.35. The van der Waals surface area contributed by atoms with Gasteiger partial charge in [0.15, 0.2) is 5.76 Å². The fraction of sp³-hybridized carbons (Fsp3) is 0.333. The summed E-state index contributed by atoms with van der Waals surface area (Å²) < 4.78 is 5.23. The van der Waals surface area contributed by atoms with E-state index in [1.807, 2.05) is 19.2 Å². The Kier molecular flexibility index (Phi) is 3.58. The summed E-state index contributed by atoms with van der Waals surface area (Å²) in [4.78, 5) is 16.0. The van der Waals surface area contributed by atoms with Gasteiger partial charge >= 0.3 is 0 Å². The number of furan rings is 1. The molecule has 0 atom stereocenters. The van der Waals surface area contributed by atoms with Gasteiger partial charge in [0.25, 0.3) is 5.91 Å². The van der Waals surface area contributed by atoms with Gasteiger partial charge in [0.1, 0.15) is 5.76 Å². The predicted molar refractivity (Wildman–Crippen MR) is 66.3 cm³/mol. The van der Waals surface area contributed by atoms with E-state index in [2.05, 4.69) is 10.3 Å². The van der Waals surface area contributed by atoms with Crippen molar-refractivity contribution in [3.63, 3.8) is 0 Å². The molecule has 2 heterocycles. The van der Waals surface area contributed by atoms with Crippen LogP contribution in [-0.4, -0.2) is 17.4 Å². The van der Waals surface area contributed by atoms with Crippen molar-refractivity contribution >= 4 is 17.2 Å². The standard InChI is InChI=1S/C12H14N2O2S/c1-8-7-17-11(14-8)5-6-13-12(15)10-4-3-9(2)16-10/h3-4,7H,5-6H2,1-2H3,(H,13,15). The highest BCUT2D eigenvalue weighted by atomic mass is 32.1. The Morgan fingerprint density at radius 3 is 2.88 bits per heavy atom. The molecule has 0 saturated carbocycles. The molecule has 0 aliphatic rings. The average molecular weight is 250 g/mol. The first kappa shape index (κ1) is 11.9. The van der Waals surface area contributed by atoms with Crippen molar-refractivity contribution in [2.45, 2.75) is 20.3 Å². The highest BCUT2D eigenvalue weighted by Crippen LogP contribution is 2.09. The number of carbonyl (C=O) groups excluding carboxylic acids is 1. The van der Waals surface area contributed by atoms with Crippen LogP contribution in [-0.2, 0) is 6.42 Å². The van der Waals surface area contributed by atoms with Crippen LogP contribution in [0.15, 0.2) is 21.9 Å². The van der Waals surface area contributed by atoms with Crippen LogP contribution in [0.2, 0.25) is 0 Å². The molecule has 0 radical (unpaired) electrons. The summed E-state index contributed by atoms with van der Waals surface area (Å²) in [5.74, 6) is 0.926. The highest BCUT2D eigenvalue weighted by molar-refractivity contribution is 7.09. The topological polar surface area (TPSA) is 55.1 Å². The van der Waals surface area contributed by atoms with Crippen molar-refractivity contribution in [2.75, 3.05) is 6.54 Å². The van der Waals surface area contributed by atoms with E-state index in [9.17, 15) is 4.79 Å². The Morgan fingerprint density at radius 1 is 1.47 bits per heavy atom. The first-order chi connectivity index (χ1) is 8.15. The Balaban J connectivity index is 1.81. The number of aromatic nitrogens is 1. The third kappa shape index (κ3) is 3.17. The van der Waals surface area contributed by atoms with Gasteiger partial charge in [-0.1, -0.05) is 0 Å². The van der Waals surface area contributed by atoms with E-state index in [0.29, 0.717) is 12.3 Å². The van der Waals surface area contributed by atoms with E-state index >= 15 is 0 Å². The summed E-state index contributed by atoms with van der Waals surface area (Å²) in [5, 5.41) is 5.85. The molecule has 2 rings (SSSR count). The van der Waals surface area contributed by atoms with Crippen molar-refractivity contribution in [1.29, 1.82) is 0 Å². The molecule has 0 aliphatic heterocycles. The van der Waals surface area contributed by atoms with Gasteiger partial charge in [-0.3, -0.25) is 4.79 Å². The molecule has 2 aromatic heterocycles. The first-order valence-corrected chi connectivity index (χ1v) is 6.29. The normalized spacial score (nSPS) is 10.5. The third-order valence-electron chi connectivity index (χ3n) is 2.26. The Hall–Kier alpha value is -1.62. The molecule has 5 heteroatoms. The van der Waals surface area contributed by atoms with Crippen LogP contribution in [0.5, 0.6) is 0 Å². The SMILES string of the molecule is Cc1csc(CCNC(=O)c2ccc(C)o2)n1. The minimum Gasteiger partial charge on any atom is -0.456 e. The number of nitrogens with one attached hydrogen (secondary N) is 1. The molecule has 0 fully saturated rings. The van der Waals surface area contributed by atoms with Crippen molar-refractivity contribution in [3.05, 3.63) is 39.7 Å². The lowest BCUT2D eigenvalue weighted by molar-refractivity contribution is 0.0925. The first-order valence-electron chi connectivity index (χ1n) is 5.41. The van der Waals surface area contributed by atoms with Gasteiger partial charge in [-0.25, -0.2) is 4.98 Å². The largest absolute Gasteiger partial charge is 0.456 e. The minimum atomic E-state index is -0.175. The smallest absolute Gasteiger partial charge is 0.287 e. The number of nitrogens with zero attached hydrogens (tertiary/aromatic N) is 1. The molecule has 0 aromatic carbocycles. The summed E-state index contributed by atoms with van der Waals surface area (Å²) in [6, 6.07) is 3.46. The van der Waals surface area contributed by atoms with Crippen LogP contribution in [0, 0.1) is 13.8 Å². The molecule has 0 unspecified atom stereocenters. The molecular weight excluding hydrogens is 236 g/mol. The molecule has 17 heavy (non-hydrogen) atoms. The molecule has 0 spiro atoms. The monoisotopic (exact) mass is 250 g/mol. The number of hydrogen-bond donors (Lipinski definition) is 1. The molecule has 2 aromatic rings. The third-order valence-corrected chi connectivity index (χ3v) is 3.28. The Morgan fingerprint density at radius 2 is 2.29 bits per heavy atom. The molecule has 90 valence electrons. The van der Waals surface area contributed by atoms with Crippen molar-refractivity contribution in [1.82, 2.24) is 10.3 Å². The van der Waals surface area contributed by atoms with E-state index in [-0.39, 0.29) is 5.91 Å². The lowest BCUT2D eigenvalue weighted by atomic mass is 10.4. The number of hydrogen-bond acceptors (Lipinski definition) is 4. The maximum atomic E-state index is 11.6. The number of amides is 1. The van der Waals surface area contributed by atoms with Crippen LogP contribution in [0.3, 0.4) is 0 Å². The highest BCUT2D eigenvalue weighted by Gasteiger charge is 2.09. The second-order valence-electron chi connectivity index (χ2n) is 3.80. The molecule has 1 amide bonds. The predicted octanol–water partition coefficient (Wildman–Crippen LogP) is 2.33. The molecule has 4 nitrogen and oxygen atoms in total. The van der Waals surface area contributed by atoms with Crippen molar-refractivity contribution < 1.29 is 9.21 Å². The van der Waals surface area contributed by atoms with Crippen LogP contribution < -0.4 is 5.32 Å². The van der Waals surface area contributed by atoms with E-state index in [1.165, 1.54) is 0 Å². The van der Waals surface area contributed by atoms with Gasteiger partial charge in [-0.05, 0) is 26.0 Å². The van der Waals surface area contributed by atoms with Gasteiger partial charge in [0, 0.05) is 24.0 Å². The molecule has 0 bridgehead atoms. The lowest BCUT2D eigenvalue weighted by Crippen LogP contribution is -2.25. The number of aryl methyl sites for hydroxylation is 2. The minimum absolute atomic E-state index is 0.175. The molecule has 0 saturated heterocycles. The second-order valence-corrected chi connectivity index (χ2v) is 4.74. The number of rotatable bonds is 4. The van der Waals surface area contributed by atoms with Gasteiger partial charge in [-0.15, -0.1) is 11.3 Å². The summed E-state index contributed by atoms with van der Waals surface area (Å²) in [7, 11) is 0. The summed E-state index contributed by atoms with van der Waals surface area (Å²) in [5.41, 5.74) is 1.03. The zero-order valence-corrected chi connectivity index (χ0v) is 10.6. The van der Waals surface area contributed by atoms with Crippen LogP contribution in [0.4, 0.5) is 0 Å². The van der Waals surface area contributed by atoms with Crippen LogP contribution >= 0.6 is 11.3 Å².